The van der Waals surface area contributed by atoms with E-state index >= 15 is 0 Å². The van der Waals surface area contributed by atoms with Gasteiger partial charge in [-0.15, -0.1) is 12.3 Å². The second-order valence-corrected chi connectivity index (χ2v) is 8.43. The van der Waals surface area contributed by atoms with Gasteiger partial charge in [0.1, 0.15) is 5.75 Å². The summed E-state index contributed by atoms with van der Waals surface area (Å²) in [5, 5.41) is 10.7. The lowest BCUT2D eigenvalue weighted by molar-refractivity contribution is 0.0925. The second-order valence-electron chi connectivity index (χ2n) is 8.43. The van der Waals surface area contributed by atoms with Crippen molar-refractivity contribution in [2.24, 2.45) is 5.92 Å². The molecule has 0 heterocycles. The van der Waals surface area contributed by atoms with E-state index in [1.54, 1.807) is 0 Å². The molecule has 2 nitrogen and oxygen atoms in total. The Morgan fingerprint density at radius 3 is 1.91 bits per heavy atom. The normalized spacial score (nSPS) is 13.5. The lowest BCUT2D eigenvalue weighted by Crippen LogP contribution is -2.20. The topological polar surface area (TPSA) is 37.3 Å². The number of terminal acetylenes is 1. The third-order valence-corrected chi connectivity index (χ3v) is 4.18. The highest BCUT2D eigenvalue weighted by atomic mass is 16.3. The van der Waals surface area contributed by atoms with Gasteiger partial charge in [-0.2, -0.15) is 0 Å². The molecular weight excluding hydrogens is 284 g/mol. The van der Waals surface area contributed by atoms with Crippen LogP contribution in [0.25, 0.3) is 0 Å². The molecule has 0 amide bonds. The van der Waals surface area contributed by atoms with E-state index < -0.39 is 0 Å². The Morgan fingerprint density at radius 2 is 1.57 bits per heavy atom. The molecule has 1 unspecified atom stereocenters. The summed E-state index contributed by atoms with van der Waals surface area (Å²) in [6.45, 7) is 14.2. The van der Waals surface area contributed by atoms with Crippen molar-refractivity contribution in [3.05, 3.63) is 28.8 Å². The number of aromatic hydroxyl groups is 1. The number of phenols is 1. The summed E-state index contributed by atoms with van der Waals surface area (Å²) < 4.78 is 0. The zero-order chi connectivity index (χ0) is 18.0. The van der Waals surface area contributed by atoms with Crippen molar-refractivity contribution in [1.82, 2.24) is 0 Å². The SMILES string of the molecule is C#CCCC(C)C(=O)c1cc(C(C)(C)C)c(O)c(C(C)(C)C)c1. The van der Waals surface area contributed by atoms with Gasteiger partial charge in [0.05, 0.1) is 0 Å². The van der Waals surface area contributed by atoms with Crippen LogP contribution < -0.4 is 0 Å². The number of rotatable bonds is 4. The number of ketones is 1. The van der Waals surface area contributed by atoms with Gasteiger partial charge in [0, 0.05) is 29.0 Å². The van der Waals surface area contributed by atoms with Gasteiger partial charge in [-0.25, -0.2) is 0 Å². The largest absolute Gasteiger partial charge is 0.507 e. The summed E-state index contributed by atoms with van der Waals surface area (Å²) in [4.78, 5) is 12.8. The first kappa shape index (κ1) is 19.3. The van der Waals surface area contributed by atoms with Gasteiger partial charge in [-0.1, -0.05) is 48.5 Å². The van der Waals surface area contributed by atoms with Crippen molar-refractivity contribution >= 4 is 5.78 Å². The number of carbonyl (C=O) groups excluding carboxylic acids is 1. The summed E-state index contributed by atoms with van der Waals surface area (Å²) in [7, 11) is 0. The van der Waals surface area contributed by atoms with Crippen molar-refractivity contribution in [3.8, 4) is 18.1 Å². The predicted molar refractivity (Wildman–Crippen MR) is 97.1 cm³/mol. The summed E-state index contributed by atoms with van der Waals surface area (Å²) in [5.41, 5.74) is 1.84. The second kappa shape index (κ2) is 6.79. The Bertz CT molecular complexity index is 584. The van der Waals surface area contributed by atoms with E-state index in [4.69, 9.17) is 6.42 Å². The number of Topliss-reactive ketones (excluding diaryl/α,β-unsaturated/α-hetero) is 1. The average Bonchev–Trinajstić information content (AvgIpc) is 2.41. The molecule has 0 saturated heterocycles. The van der Waals surface area contributed by atoms with Crippen LogP contribution in [0.2, 0.25) is 0 Å². The van der Waals surface area contributed by atoms with Gasteiger partial charge >= 0.3 is 0 Å². The van der Waals surface area contributed by atoms with Crippen LogP contribution in [-0.2, 0) is 10.8 Å². The summed E-state index contributed by atoms with van der Waals surface area (Å²) in [6, 6.07) is 3.69. The van der Waals surface area contributed by atoms with Crippen molar-refractivity contribution in [2.75, 3.05) is 0 Å². The lowest BCUT2D eigenvalue weighted by Gasteiger charge is -2.28. The average molecular weight is 314 g/mol. The molecule has 0 spiro atoms. The molecule has 0 aromatic heterocycles. The molecule has 1 aromatic carbocycles. The maximum atomic E-state index is 12.8. The van der Waals surface area contributed by atoms with Crippen molar-refractivity contribution in [1.29, 1.82) is 0 Å². The molecule has 126 valence electrons. The highest BCUT2D eigenvalue weighted by Gasteiger charge is 2.28. The van der Waals surface area contributed by atoms with E-state index in [9.17, 15) is 9.90 Å². The number of carbonyl (C=O) groups is 1. The predicted octanol–water partition coefficient (Wildman–Crippen LogP) is 5.22. The first-order valence-electron chi connectivity index (χ1n) is 8.25. The molecule has 0 fully saturated rings. The van der Waals surface area contributed by atoms with Crippen LogP contribution in [0.5, 0.6) is 5.75 Å². The van der Waals surface area contributed by atoms with E-state index in [2.05, 4.69) is 5.92 Å². The van der Waals surface area contributed by atoms with Crippen molar-refractivity contribution in [3.63, 3.8) is 0 Å². The Hall–Kier alpha value is -1.75. The Labute approximate surface area is 141 Å². The lowest BCUT2D eigenvalue weighted by atomic mass is 9.77. The van der Waals surface area contributed by atoms with E-state index in [0.717, 1.165) is 11.1 Å². The minimum absolute atomic E-state index is 0.0937. The minimum Gasteiger partial charge on any atom is -0.507 e. The van der Waals surface area contributed by atoms with Gasteiger partial charge in [0.15, 0.2) is 5.78 Å². The molecule has 23 heavy (non-hydrogen) atoms. The third-order valence-electron chi connectivity index (χ3n) is 4.18. The summed E-state index contributed by atoms with van der Waals surface area (Å²) >= 11 is 0. The Kier molecular flexibility index (Phi) is 5.69. The van der Waals surface area contributed by atoms with Crippen LogP contribution in [0.1, 0.15) is 82.8 Å². The van der Waals surface area contributed by atoms with Crippen LogP contribution in [0.3, 0.4) is 0 Å². The number of hydrogen-bond donors (Lipinski definition) is 1. The third kappa shape index (κ3) is 4.61. The first-order chi connectivity index (χ1) is 10.4. The highest BCUT2D eigenvalue weighted by molar-refractivity contribution is 5.98. The quantitative estimate of drug-likeness (QED) is 0.611. The molecule has 0 aliphatic rings. The van der Waals surface area contributed by atoms with Gasteiger partial charge in [-0.05, 0) is 29.4 Å². The first-order valence-corrected chi connectivity index (χ1v) is 8.25. The van der Waals surface area contributed by atoms with Crippen LogP contribution in [0.4, 0.5) is 0 Å². The molecule has 0 bridgehead atoms. The van der Waals surface area contributed by atoms with Crippen LogP contribution in [0.15, 0.2) is 12.1 Å². The Morgan fingerprint density at radius 1 is 1.13 bits per heavy atom. The van der Waals surface area contributed by atoms with Gasteiger partial charge < -0.3 is 5.11 Å². The number of hydrogen-bond acceptors (Lipinski definition) is 2. The molecule has 2 heteroatoms. The van der Waals surface area contributed by atoms with Crippen LogP contribution in [-0.4, -0.2) is 10.9 Å². The van der Waals surface area contributed by atoms with Gasteiger partial charge in [0.2, 0.25) is 0 Å². The van der Waals surface area contributed by atoms with E-state index in [1.807, 2.05) is 60.6 Å². The maximum absolute atomic E-state index is 12.8. The number of benzene rings is 1. The molecular formula is C21H30O2. The summed E-state index contributed by atoms with van der Waals surface area (Å²) in [6.07, 6.45) is 6.59. The standard InChI is InChI=1S/C21H30O2/c1-9-10-11-14(2)18(22)15-12-16(20(3,4)5)19(23)17(13-15)21(6,7)8/h1,12-14,23H,10-11H2,2-8H3. The van der Waals surface area contributed by atoms with Crippen molar-refractivity contribution < 1.29 is 9.90 Å². The van der Waals surface area contributed by atoms with Crippen LogP contribution >= 0.6 is 0 Å². The fourth-order valence-electron chi connectivity index (χ4n) is 2.64. The van der Waals surface area contributed by atoms with Crippen LogP contribution in [0, 0.1) is 18.3 Å². The molecule has 0 saturated carbocycles. The van der Waals surface area contributed by atoms with Gasteiger partial charge in [-0.3, -0.25) is 4.79 Å². The monoisotopic (exact) mass is 314 g/mol. The minimum atomic E-state index is -0.234. The van der Waals surface area contributed by atoms with E-state index in [0.29, 0.717) is 24.2 Å². The molecule has 0 aliphatic heterocycles. The highest BCUT2D eigenvalue weighted by Crippen LogP contribution is 2.40. The molecule has 1 N–H and O–H groups in total. The Balaban J connectivity index is 3.45. The zero-order valence-corrected chi connectivity index (χ0v) is 15.6. The molecule has 1 rings (SSSR count). The fraction of sp³-hybridized carbons (Fsp3) is 0.571. The maximum Gasteiger partial charge on any atom is 0.165 e. The van der Waals surface area contributed by atoms with E-state index in [1.165, 1.54) is 0 Å². The number of phenolic OH excluding ortho intramolecular Hbond substituents is 1. The van der Waals surface area contributed by atoms with Gasteiger partial charge in [0.25, 0.3) is 0 Å². The zero-order valence-electron chi connectivity index (χ0n) is 15.6. The molecule has 0 aliphatic carbocycles. The summed E-state index contributed by atoms with van der Waals surface area (Å²) in [5.74, 6) is 2.88. The smallest absolute Gasteiger partial charge is 0.165 e. The van der Waals surface area contributed by atoms with E-state index in [-0.39, 0.29) is 22.5 Å². The fourth-order valence-corrected chi connectivity index (χ4v) is 2.64. The molecule has 0 radical (unpaired) electrons. The molecule has 1 atom stereocenters. The van der Waals surface area contributed by atoms with Crippen molar-refractivity contribution in [2.45, 2.75) is 72.1 Å². The molecule has 1 aromatic rings.